The van der Waals surface area contributed by atoms with Crippen LogP contribution in [0.1, 0.15) is 25.2 Å². The Hall–Kier alpha value is -1.94. The van der Waals surface area contributed by atoms with Crippen molar-refractivity contribution in [3.05, 3.63) is 42.5 Å². The first kappa shape index (κ1) is 11.5. The molecule has 0 radical (unpaired) electrons. The van der Waals surface area contributed by atoms with Crippen LogP contribution in [0.2, 0.25) is 0 Å². The van der Waals surface area contributed by atoms with Crippen molar-refractivity contribution in [3.8, 4) is 16.9 Å². The van der Waals surface area contributed by atoms with Crippen LogP contribution in [0.4, 0.5) is 0 Å². The molecule has 4 nitrogen and oxygen atoms in total. The van der Waals surface area contributed by atoms with E-state index in [0.29, 0.717) is 5.82 Å². The molecule has 4 heteroatoms. The van der Waals surface area contributed by atoms with E-state index in [9.17, 15) is 5.11 Å². The van der Waals surface area contributed by atoms with E-state index < -0.39 is 0 Å². The van der Waals surface area contributed by atoms with Gasteiger partial charge in [-0.2, -0.15) is 0 Å². The van der Waals surface area contributed by atoms with E-state index in [1.165, 1.54) is 0 Å². The summed E-state index contributed by atoms with van der Waals surface area (Å²) in [6.45, 7) is 2.00. The highest BCUT2D eigenvalue weighted by molar-refractivity contribution is 5.63. The van der Waals surface area contributed by atoms with Crippen LogP contribution < -0.4 is 5.73 Å². The molecule has 3 N–H and O–H groups in total. The molecule has 0 saturated heterocycles. The number of aromatic nitrogens is 2. The minimum atomic E-state index is -0.117. The third-order valence-electron chi connectivity index (χ3n) is 2.62. The van der Waals surface area contributed by atoms with E-state index in [1.807, 2.05) is 13.0 Å². The van der Waals surface area contributed by atoms with Crippen LogP contribution in [-0.4, -0.2) is 15.1 Å². The van der Waals surface area contributed by atoms with Crippen LogP contribution in [0.3, 0.4) is 0 Å². The third kappa shape index (κ3) is 2.60. The van der Waals surface area contributed by atoms with Gasteiger partial charge < -0.3 is 10.8 Å². The molecular formula is C13H15N3O. The predicted octanol–water partition coefficient (Wildman–Crippen LogP) is 2.26. The van der Waals surface area contributed by atoms with Crippen LogP contribution in [0.5, 0.6) is 5.75 Å². The van der Waals surface area contributed by atoms with E-state index >= 15 is 0 Å². The van der Waals surface area contributed by atoms with E-state index in [2.05, 4.69) is 9.97 Å². The molecule has 0 fully saturated rings. The second-order valence-electron chi connectivity index (χ2n) is 3.90. The molecule has 0 aliphatic carbocycles. The molecule has 0 aliphatic heterocycles. The van der Waals surface area contributed by atoms with Crippen LogP contribution in [0.25, 0.3) is 11.1 Å². The third-order valence-corrected chi connectivity index (χ3v) is 2.62. The Morgan fingerprint density at radius 3 is 2.53 bits per heavy atom. The van der Waals surface area contributed by atoms with E-state index in [-0.39, 0.29) is 11.8 Å². The lowest BCUT2D eigenvalue weighted by Crippen LogP contribution is -2.12. The van der Waals surface area contributed by atoms with Gasteiger partial charge in [-0.3, -0.25) is 0 Å². The normalized spacial score (nSPS) is 12.4. The Balaban J connectivity index is 2.29. The number of rotatable bonds is 3. The van der Waals surface area contributed by atoms with Gasteiger partial charge >= 0.3 is 0 Å². The van der Waals surface area contributed by atoms with Gasteiger partial charge in [0.05, 0.1) is 6.04 Å². The van der Waals surface area contributed by atoms with Gasteiger partial charge in [0.2, 0.25) is 0 Å². The zero-order valence-electron chi connectivity index (χ0n) is 9.67. The second-order valence-corrected chi connectivity index (χ2v) is 3.90. The lowest BCUT2D eigenvalue weighted by Gasteiger charge is -2.07. The fraction of sp³-hybridized carbons (Fsp3) is 0.231. The van der Waals surface area contributed by atoms with Crippen molar-refractivity contribution in [2.24, 2.45) is 5.73 Å². The largest absolute Gasteiger partial charge is 0.508 e. The monoisotopic (exact) mass is 229 g/mol. The van der Waals surface area contributed by atoms with Crippen molar-refractivity contribution in [2.75, 3.05) is 0 Å². The summed E-state index contributed by atoms with van der Waals surface area (Å²) in [5.41, 5.74) is 7.60. The molecule has 1 heterocycles. The molecule has 1 aromatic heterocycles. The van der Waals surface area contributed by atoms with Crippen molar-refractivity contribution in [2.45, 2.75) is 19.4 Å². The van der Waals surface area contributed by atoms with Gasteiger partial charge in [-0.25, -0.2) is 9.97 Å². The molecule has 0 amide bonds. The number of aromatic hydroxyl groups is 1. The SMILES string of the molecule is CCC(N)c1ncc(-c2cccc(O)c2)cn1. The van der Waals surface area contributed by atoms with Crippen molar-refractivity contribution in [3.63, 3.8) is 0 Å². The standard InChI is InChI=1S/C13H15N3O/c1-2-12(14)13-15-7-10(8-16-13)9-4-3-5-11(17)6-9/h3-8,12,17H,2,14H2,1H3. The summed E-state index contributed by atoms with van der Waals surface area (Å²) >= 11 is 0. The Morgan fingerprint density at radius 1 is 1.24 bits per heavy atom. The summed E-state index contributed by atoms with van der Waals surface area (Å²) in [5.74, 6) is 0.883. The van der Waals surface area contributed by atoms with Gasteiger partial charge in [0, 0.05) is 18.0 Å². The highest BCUT2D eigenvalue weighted by Gasteiger charge is 2.07. The Labute approximate surface area is 100 Å². The number of hydrogen-bond donors (Lipinski definition) is 2. The number of phenols is 1. The van der Waals surface area contributed by atoms with Crippen molar-refractivity contribution in [1.29, 1.82) is 0 Å². The number of benzene rings is 1. The summed E-state index contributed by atoms with van der Waals surface area (Å²) in [5, 5.41) is 9.39. The molecular weight excluding hydrogens is 214 g/mol. The quantitative estimate of drug-likeness (QED) is 0.846. The van der Waals surface area contributed by atoms with Crippen LogP contribution in [-0.2, 0) is 0 Å². The summed E-state index contributed by atoms with van der Waals surface area (Å²) < 4.78 is 0. The Kier molecular flexibility index (Phi) is 3.35. The minimum Gasteiger partial charge on any atom is -0.508 e. The molecule has 0 bridgehead atoms. The molecule has 2 aromatic rings. The van der Waals surface area contributed by atoms with Gasteiger partial charge in [-0.1, -0.05) is 19.1 Å². The van der Waals surface area contributed by atoms with Gasteiger partial charge in [-0.15, -0.1) is 0 Å². The maximum atomic E-state index is 9.39. The second kappa shape index (κ2) is 4.93. The fourth-order valence-electron chi connectivity index (χ4n) is 1.55. The van der Waals surface area contributed by atoms with Crippen LogP contribution in [0.15, 0.2) is 36.7 Å². The molecule has 2 rings (SSSR count). The van der Waals surface area contributed by atoms with E-state index in [1.54, 1.807) is 30.6 Å². The zero-order chi connectivity index (χ0) is 12.3. The topological polar surface area (TPSA) is 72.0 Å². The van der Waals surface area contributed by atoms with Gasteiger partial charge in [0.25, 0.3) is 0 Å². The first-order valence-electron chi connectivity index (χ1n) is 5.57. The Morgan fingerprint density at radius 2 is 1.94 bits per heavy atom. The zero-order valence-corrected chi connectivity index (χ0v) is 9.67. The molecule has 0 aliphatic rings. The minimum absolute atomic E-state index is 0.117. The molecule has 88 valence electrons. The first-order valence-corrected chi connectivity index (χ1v) is 5.57. The van der Waals surface area contributed by atoms with Gasteiger partial charge in [0.1, 0.15) is 11.6 Å². The molecule has 1 unspecified atom stereocenters. The van der Waals surface area contributed by atoms with Gasteiger partial charge in [0.15, 0.2) is 0 Å². The summed E-state index contributed by atoms with van der Waals surface area (Å²) in [6, 6.07) is 6.88. The molecule has 0 saturated carbocycles. The lowest BCUT2D eigenvalue weighted by molar-refractivity contribution is 0.475. The van der Waals surface area contributed by atoms with Crippen LogP contribution in [0, 0.1) is 0 Å². The Bertz CT molecular complexity index is 496. The van der Waals surface area contributed by atoms with Crippen molar-refractivity contribution < 1.29 is 5.11 Å². The predicted molar refractivity (Wildman–Crippen MR) is 66.4 cm³/mol. The van der Waals surface area contributed by atoms with E-state index in [0.717, 1.165) is 17.5 Å². The van der Waals surface area contributed by atoms with Crippen molar-refractivity contribution >= 4 is 0 Å². The average molecular weight is 229 g/mol. The smallest absolute Gasteiger partial charge is 0.144 e. The summed E-state index contributed by atoms with van der Waals surface area (Å²) in [6.07, 6.45) is 4.27. The van der Waals surface area contributed by atoms with Crippen molar-refractivity contribution in [1.82, 2.24) is 9.97 Å². The molecule has 17 heavy (non-hydrogen) atoms. The number of phenolic OH excluding ortho intramolecular Hbond substituents is 1. The molecule has 0 spiro atoms. The average Bonchev–Trinajstić information content (AvgIpc) is 2.38. The number of hydrogen-bond acceptors (Lipinski definition) is 4. The van der Waals surface area contributed by atoms with Crippen LogP contribution >= 0.6 is 0 Å². The highest BCUT2D eigenvalue weighted by Crippen LogP contribution is 2.22. The van der Waals surface area contributed by atoms with Gasteiger partial charge in [-0.05, 0) is 24.1 Å². The number of nitrogens with two attached hydrogens (primary N) is 1. The highest BCUT2D eigenvalue weighted by atomic mass is 16.3. The summed E-state index contributed by atoms with van der Waals surface area (Å²) in [7, 11) is 0. The number of nitrogens with zero attached hydrogens (tertiary/aromatic N) is 2. The molecule has 1 atom stereocenters. The van der Waals surface area contributed by atoms with E-state index in [4.69, 9.17) is 5.73 Å². The lowest BCUT2D eigenvalue weighted by atomic mass is 10.1. The maximum absolute atomic E-state index is 9.39. The first-order chi connectivity index (χ1) is 8.20. The fourth-order valence-corrected chi connectivity index (χ4v) is 1.55. The summed E-state index contributed by atoms with van der Waals surface area (Å²) in [4.78, 5) is 8.48. The maximum Gasteiger partial charge on any atom is 0.144 e. The molecule has 1 aromatic carbocycles.